The van der Waals surface area contributed by atoms with E-state index in [0.717, 1.165) is 12.0 Å². The highest BCUT2D eigenvalue weighted by atomic mass is 14.9. The van der Waals surface area contributed by atoms with Crippen LogP contribution in [0.25, 0.3) is 0 Å². The summed E-state index contributed by atoms with van der Waals surface area (Å²) in [6, 6.07) is 9.77. The molecule has 1 heteroatoms. The molecule has 1 aliphatic carbocycles. The predicted octanol–water partition coefficient (Wildman–Crippen LogP) is 3.32. The molecule has 0 aromatic heterocycles. The SMILES string of the molecule is CNC1CCCC1CCc1ccc(C)cc1. The first-order valence-corrected chi connectivity index (χ1v) is 6.52. The van der Waals surface area contributed by atoms with Gasteiger partial charge in [-0.2, -0.15) is 0 Å². The van der Waals surface area contributed by atoms with E-state index in [4.69, 9.17) is 0 Å². The Bertz CT molecular complexity index is 315. The van der Waals surface area contributed by atoms with Gasteiger partial charge < -0.3 is 5.32 Å². The van der Waals surface area contributed by atoms with E-state index in [1.165, 1.54) is 43.2 Å². The van der Waals surface area contributed by atoms with Crippen LogP contribution in [0, 0.1) is 12.8 Å². The largest absolute Gasteiger partial charge is 0.317 e. The first kappa shape index (κ1) is 11.7. The van der Waals surface area contributed by atoms with Crippen molar-refractivity contribution in [3.05, 3.63) is 35.4 Å². The molecule has 0 saturated heterocycles. The van der Waals surface area contributed by atoms with Crippen molar-refractivity contribution < 1.29 is 0 Å². The minimum absolute atomic E-state index is 0.769. The number of hydrogen-bond acceptors (Lipinski definition) is 1. The number of rotatable bonds is 4. The molecule has 0 radical (unpaired) electrons. The van der Waals surface area contributed by atoms with Crippen LogP contribution in [0.3, 0.4) is 0 Å². The Balaban J connectivity index is 1.85. The van der Waals surface area contributed by atoms with E-state index in [0.29, 0.717) is 0 Å². The summed E-state index contributed by atoms with van der Waals surface area (Å²) in [7, 11) is 2.11. The highest BCUT2D eigenvalue weighted by Crippen LogP contribution is 2.29. The van der Waals surface area contributed by atoms with Gasteiger partial charge in [-0.3, -0.25) is 0 Å². The van der Waals surface area contributed by atoms with Gasteiger partial charge in [-0.1, -0.05) is 36.2 Å². The lowest BCUT2D eigenvalue weighted by Gasteiger charge is -2.18. The lowest BCUT2D eigenvalue weighted by molar-refractivity contribution is 0.400. The molecule has 1 saturated carbocycles. The average Bonchev–Trinajstić information content (AvgIpc) is 2.76. The molecule has 0 bridgehead atoms. The van der Waals surface area contributed by atoms with Crippen LogP contribution in [0.4, 0.5) is 0 Å². The first-order chi connectivity index (χ1) is 7.79. The van der Waals surface area contributed by atoms with Crippen LogP contribution in [0.5, 0.6) is 0 Å². The second kappa shape index (κ2) is 5.49. The third-order valence-corrected chi connectivity index (χ3v) is 3.95. The van der Waals surface area contributed by atoms with Crippen LogP contribution in [-0.2, 0) is 6.42 Å². The standard InChI is InChI=1S/C15H23N/c1-12-6-8-13(9-7-12)10-11-14-4-3-5-15(14)16-2/h6-9,14-16H,3-5,10-11H2,1-2H3. The molecular formula is C15H23N. The van der Waals surface area contributed by atoms with E-state index in [2.05, 4.69) is 43.6 Å². The van der Waals surface area contributed by atoms with Gasteiger partial charge in [0.15, 0.2) is 0 Å². The molecule has 1 N–H and O–H groups in total. The molecular weight excluding hydrogens is 194 g/mol. The van der Waals surface area contributed by atoms with E-state index in [1.807, 2.05) is 0 Å². The highest BCUT2D eigenvalue weighted by molar-refractivity contribution is 5.21. The zero-order chi connectivity index (χ0) is 11.4. The molecule has 16 heavy (non-hydrogen) atoms. The topological polar surface area (TPSA) is 12.0 Å². The van der Waals surface area contributed by atoms with Gasteiger partial charge in [0, 0.05) is 6.04 Å². The quantitative estimate of drug-likeness (QED) is 0.816. The Morgan fingerprint density at radius 2 is 1.94 bits per heavy atom. The molecule has 1 aromatic carbocycles. The number of nitrogens with one attached hydrogen (secondary N) is 1. The van der Waals surface area contributed by atoms with Crippen molar-refractivity contribution in [3.8, 4) is 0 Å². The summed E-state index contributed by atoms with van der Waals surface area (Å²) in [4.78, 5) is 0. The lowest BCUT2D eigenvalue weighted by atomic mass is 9.95. The Morgan fingerprint density at radius 1 is 1.19 bits per heavy atom. The fraction of sp³-hybridized carbons (Fsp3) is 0.600. The average molecular weight is 217 g/mol. The summed E-state index contributed by atoms with van der Waals surface area (Å²) in [5, 5.41) is 3.46. The fourth-order valence-corrected chi connectivity index (χ4v) is 2.87. The summed E-state index contributed by atoms with van der Waals surface area (Å²) in [6.45, 7) is 2.15. The third kappa shape index (κ3) is 2.85. The van der Waals surface area contributed by atoms with Crippen LogP contribution in [-0.4, -0.2) is 13.1 Å². The van der Waals surface area contributed by atoms with Crippen molar-refractivity contribution in [3.63, 3.8) is 0 Å². The van der Waals surface area contributed by atoms with Gasteiger partial charge in [0.2, 0.25) is 0 Å². The zero-order valence-corrected chi connectivity index (χ0v) is 10.5. The normalized spacial score (nSPS) is 24.9. The van der Waals surface area contributed by atoms with Gasteiger partial charge in [-0.15, -0.1) is 0 Å². The van der Waals surface area contributed by atoms with Crippen molar-refractivity contribution in [2.24, 2.45) is 5.92 Å². The van der Waals surface area contributed by atoms with Gasteiger partial charge in [0.05, 0.1) is 0 Å². The zero-order valence-electron chi connectivity index (χ0n) is 10.5. The summed E-state index contributed by atoms with van der Waals surface area (Å²) in [5.74, 6) is 0.895. The van der Waals surface area contributed by atoms with Crippen LogP contribution in [0.1, 0.15) is 36.8 Å². The Kier molecular flexibility index (Phi) is 4.00. The van der Waals surface area contributed by atoms with E-state index >= 15 is 0 Å². The number of hydrogen-bond donors (Lipinski definition) is 1. The molecule has 1 aromatic rings. The van der Waals surface area contributed by atoms with Gasteiger partial charge >= 0.3 is 0 Å². The third-order valence-electron chi connectivity index (χ3n) is 3.95. The van der Waals surface area contributed by atoms with Crippen molar-refractivity contribution in [2.45, 2.75) is 45.1 Å². The lowest BCUT2D eigenvalue weighted by Crippen LogP contribution is -2.29. The molecule has 1 nitrogen and oxygen atoms in total. The Morgan fingerprint density at radius 3 is 2.62 bits per heavy atom. The summed E-state index contributed by atoms with van der Waals surface area (Å²) < 4.78 is 0. The van der Waals surface area contributed by atoms with Gasteiger partial charge in [-0.05, 0) is 51.1 Å². The molecule has 88 valence electrons. The second-order valence-electron chi connectivity index (χ2n) is 5.11. The maximum Gasteiger partial charge on any atom is 0.00924 e. The molecule has 1 aliphatic rings. The molecule has 0 aliphatic heterocycles. The molecule has 1 fully saturated rings. The smallest absolute Gasteiger partial charge is 0.00924 e. The van der Waals surface area contributed by atoms with E-state index < -0.39 is 0 Å². The van der Waals surface area contributed by atoms with Crippen molar-refractivity contribution >= 4 is 0 Å². The van der Waals surface area contributed by atoms with E-state index in [9.17, 15) is 0 Å². The van der Waals surface area contributed by atoms with Crippen LogP contribution in [0.15, 0.2) is 24.3 Å². The Hall–Kier alpha value is -0.820. The van der Waals surface area contributed by atoms with Gasteiger partial charge in [-0.25, -0.2) is 0 Å². The van der Waals surface area contributed by atoms with E-state index in [-0.39, 0.29) is 0 Å². The fourth-order valence-electron chi connectivity index (χ4n) is 2.87. The number of benzene rings is 1. The first-order valence-electron chi connectivity index (χ1n) is 6.52. The van der Waals surface area contributed by atoms with Crippen LogP contribution in [0.2, 0.25) is 0 Å². The molecule has 2 rings (SSSR count). The minimum Gasteiger partial charge on any atom is -0.317 e. The molecule has 0 spiro atoms. The van der Waals surface area contributed by atoms with Crippen molar-refractivity contribution in [1.82, 2.24) is 5.32 Å². The van der Waals surface area contributed by atoms with Gasteiger partial charge in [0.25, 0.3) is 0 Å². The monoisotopic (exact) mass is 217 g/mol. The number of aryl methyl sites for hydroxylation is 2. The maximum atomic E-state index is 3.46. The molecule has 0 amide bonds. The predicted molar refractivity (Wildman–Crippen MR) is 69.7 cm³/mol. The molecule has 2 atom stereocenters. The Labute approximate surface area is 99.3 Å². The molecule has 2 unspecified atom stereocenters. The highest BCUT2D eigenvalue weighted by Gasteiger charge is 2.24. The van der Waals surface area contributed by atoms with Crippen molar-refractivity contribution in [2.75, 3.05) is 7.05 Å². The summed E-state index contributed by atoms with van der Waals surface area (Å²) >= 11 is 0. The maximum absolute atomic E-state index is 3.46. The van der Waals surface area contributed by atoms with Crippen molar-refractivity contribution in [1.29, 1.82) is 0 Å². The van der Waals surface area contributed by atoms with Crippen LogP contribution < -0.4 is 5.32 Å². The second-order valence-corrected chi connectivity index (χ2v) is 5.11. The summed E-state index contributed by atoms with van der Waals surface area (Å²) in [5.41, 5.74) is 2.85. The van der Waals surface area contributed by atoms with E-state index in [1.54, 1.807) is 0 Å². The van der Waals surface area contributed by atoms with Crippen LogP contribution >= 0.6 is 0 Å². The van der Waals surface area contributed by atoms with Gasteiger partial charge in [0.1, 0.15) is 0 Å². The molecule has 0 heterocycles. The minimum atomic E-state index is 0.769. The summed E-state index contributed by atoms with van der Waals surface area (Å²) in [6.07, 6.45) is 6.77.